The molecule has 0 amide bonds. The number of hydrogen-bond acceptors (Lipinski definition) is 4. The highest BCUT2D eigenvalue weighted by Gasteiger charge is 2.25. The second-order valence-corrected chi connectivity index (χ2v) is 9.29. The second-order valence-electron chi connectivity index (χ2n) is 4.56. The predicted molar refractivity (Wildman–Crippen MR) is 77.4 cm³/mol. The highest BCUT2D eigenvalue weighted by molar-refractivity contribution is 9.11. The fourth-order valence-electron chi connectivity index (χ4n) is 2.13. The molecule has 0 bridgehead atoms. The summed E-state index contributed by atoms with van der Waals surface area (Å²) in [6.45, 7) is 2.55. The number of hydrogen-bond donors (Lipinski definition) is 1. The van der Waals surface area contributed by atoms with Crippen LogP contribution in [-0.4, -0.2) is 39.4 Å². The average molecular weight is 353 g/mol. The molecule has 1 aromatic rings. The van der Waals surface area contributed by atoms with Crippen molar-refractivity contribution in [3.8, 4) is 0 Å². The number of rotatable bonds is 4. The predicted octanol–water partition coefficient (Wildman–Crippen LogP) is 2.13. The monoisotopic (exact) mass is 352 g/mol. The van der Waals surface area contributed by atoms with Crippen LogP contribution in [0.3, 0.4) is 0 Å². The molecule has 0 aromatic carbocycles. The standard InChI is InChI=1S/C11H17BrN2O2S2/c1-14(8-9-3-2-6-13-7-9)18(15,16)11-5-4-10(12)17-11/h4-5,9,13H,2-3,6-8H2,1H3/t9-/m0/s1. The van der Waals surface area contributed by atoms with E-state index in [0.717, 1.165) is 29.7 Å². The molecule has 7 heteroatoms. The van der Waals surface area contributed by atoms with E-state index in [0.29, 0.717) is 16.7 Å². The maximum absolute atomic E-state index is 12.3. The maximum Gasteiger partial charge on any atom is 0.252 e. The number of sulfonamides is 1. The Labute approximate surface area is 121 Å². The van der Waals surface area contributed by atoms with E-state index in [4.69, 9.17) is 0 Å². The summed E-state index contributed by atoms with van der Waals surface area (Å²) in [6, 6.07) is 3.42. The molecule has 1 aromatic heterocycles. The summed E-state index contributed by atoms with van der Waals surface area (Å²) >= 11 is 4.55. The van der Waals surface area contributed by atoms with E-state index in [1.807, 2.05) is 0 Å². The molecular formula is C11H17BrN2O2S2. The highest BCUT2D eigenvalue weighted by atomic mass is 79.9. The molecule has 0 radical (unpaired) electrons. The van der Waals surface area contributed by atoms with Crippen molar-refractivity contribution in [2.45, 2.75) is 17.1 Å². The van der Waals surface area contributed by atoms with Gasteiger partial charge < -0.3 is 5.32 Å². The molecule has 1 aliphatic heterocycles. The van der Waals surface area contributed by atoms with Crippen LogP contribution in [0, 0.1) is 5.92 Å². The Morgan fingerprint density at radius 2 is 2.33 bits per heavy atom. The molecule has 2 heterocycles. The lowest BCUT2D eigenvalue weighted by atomic mass is 10.00. The van der Waals surface area contributed by atoms with Crippen molar-refractivity contribution >= 4 is 37.3 Å². The van der Waals surface area contributed by atoms with Gasteiger partial charge in [-0.2, -0.15) is 4.31 Å². The number of nitrogens with zero attached hydrogens (tertiary/aromatic N) is 1. The Balaban J connectivity index is 2.05. The van der Waals surface area contributed by atoms with E-state index in [9.17, 15) is 8.42 Å². The van der Waals surface area contributed by atoms with Crippen LogP contribution >= 0.6 is 27.3 Å². The normalized spacial score (nSPS) is 21.4. The molecule has 2 rings (SSSR count). The van der Waals surface area contributed by atoms with Crippen LogP contribution in [0.4, 0.5) is 0 Å². The van der Waals surface area contributed by atoms with Gasteiger partial charge >= 0.3 is 0 Å². The number of halogens is 1. The molecule has 18 heavy (non-hydrogen) atoms. The van der Waals surface area contributed by atoms with Crippen molar-refractivity contribution in [1.29, 1.82) is 0 Å². The van der Waals surface area contributed by atoms with Crippen molar-refractivity contribution in [3.05, 3.63) is 15.9 Å². The molecule has 0 aliphatic carbocycles. The van der Waals surface area contributed by atoms with Crippen LogP contribution in [0.15, 0.2) is 20.1 Å². The zero-order valence-electron chi connectivity index (χ0n) is 10.2. The first-order chi connectivity index (χ1) is 8.50. The minimum absolute atomic E-state index is 0.403. The Hall–Kier alpha value is 0.0500. The maximum atomic E-state index is 12.3. The number of nitrogens with one attached hydrogen (secondary N) is 1. The van der Waals surface area contributed by atoms with E-state index in [2.05, 4.69) is 21.2 Å². The van der Waals surface area contributed by atoms with Gasteiger partial charge in [-0.25, -0.2) is 8.42 Å². The zero-order chi connectivity index (χ0) is 13.2. The topological polar surface area (TPSA) is 49.4 Å². The minimum Gasteiger partial charge on any atom is -0.316 e. The largest absolute Gasteiger partial charge is 0.316 e. The lowest BCUT2D eigenvalue weighted by Gasteiger charge is -2.26. The first-order valence-electron chi connectivity index (χ1n) is 5.92. The average Bonchev–Trinajstić information content (AvgIpc) is 2.78. The van der Waals surface area contributed by atoms with Gasteiger partial charge in [-0.1, -0.05) is 0 Å². The van der Waals surface area contributed by atoms with Crippen LogP contribution in [-0.2, 0) is 10.0 Å². The fraction of sp³-hybridized carbons (Fsp3) is 0.636. The summed E-state index contributed by atoms with van der Waals surface area (Å²) in [7, 11) is -1.66. The summed E-state index contributed by atoms with van der Waals surface area (Å²) in [6.07, 6.45) is 2.23. The third kappa shape index (κ3) is 3.33. The Morgan fingerprint density at radius 3 is 2.89 bits per heavy atom. The van der Waals surface area contributed by atoms with Crippen LogP contribution in [0.1, 0.15) is 12.8 Å². The van der Waals surface area contributed by atoms with Gasteiger partial charge in [0.1, 0.15) is 4.21 Å². The molecule has 1 saturated heterocycles. The Bertz CT molecular complexity index is 495. The lowest BCUT2D eigenvalue weighted by Crippen LogP contribution is -2.38. The van der Waals surface area contributed by atoms with Gasteiger partial charge in [-0.05, 0) is 59.9 Å². The molecule has 0 saturated carbocycles. The molecule has 1 fully saturated rings. The number of piperidine rings is 1. The van der Waals surface area contributed by atoms with E-state index in [1.165, 1.54) is 15.6 Å². The minimum atomic E-state index is -3.32. The summed E-state index contributed by atoms with van der Waals surface area (Å²) in [5.74, 6) is 0.418. The molecule has 0 spiro atoms. The third-order valence-corrected chi connectivity index (χ3v) is 7.04. The van der Waals surface area contributed by atoms with Crippen molar-refractivity contribution < 1.29 is 8.42 Å². The smallest absolute Gasteiger partial charge is 0.252 e. The molecule has 1 N–H and O–H groups in total. The van der Waals surface area contributed by atoms with E-state index in [-0.39, 0.29) is 0 Å². The zero-order valence-corrected chi connectivity index (χ0v) is 13.4. The van der Waals surface area contributed by atoms with E-state index >= 15 is 0 Å². The molecule has 4 nitrogen and oxygen atoms in total. The van der Waals surface area contributed by atoms with Gasteiger partial charge in [-0.15, -0.1) is 11.3 Å². The van der Waals surface area contributed by atoms with Gasteiger partial charge in [0.05, 0.1) is 3.79 Å². The van der Waals surface area contributed by atoms with Crippen LogP contribution in [0.25, 0.3) is 0 Å². The van der Waals surface area contributed by atoms with Gasteiger partial charge in [0.25, 0.3) is 10.0 Å². The molecule has 0 unspecified atom stereocenters. The summed E-state index contributed by atoms with van der Waals surface area (Å²) in [4.78, 5) is 0. The Kier molecular flexibility index (Phi) is 4.82. The molecule has 1 atom stereocenters. The van der Waals surface area contributed by atoms with Crippen molar-refractivity contribution in [1.82, 2.24) is 9.62 Å². The molecule has 1 aliphatic rings. The Morgan fingerprint density at radius 1 is 1.56 bits per heavy atom. The van der Waals surface area contributed by atoms with Crippen LogP contribution in [0.2, 0.25) is 0 Å². The van der Waals surface area contributed by atoms with Crippen molar-refractivity contribution in [2.75, 3.05) is 26.7 Å². The van der Waals surface area contributed by atoms with Crippen molar-refractivity contribution in [3.63, 3.8) is 0 Å². The van der Waals surface area contributed by atoms with E-state index < -0.39 is 10.0 Å². The first kappa shape index (κ1) is 14.5. The first-order valence-corrected chi connectivity index (χ1v) is 8.97. The quantitative estimate of drug-likeness (QED) is 0.902. The summed E-state index contributed by atoms with van der Waals surface area (Å²) < 4.78 is 27.3. The summed E-state index contributed by atoms with van der Waals surface area (Å²) in [5, 5.41) is 3.31. The SMILES string of the molecule is CN(C[C@H]1CCCNC1)S(=O)(=O)c1ccc(Br)s1. The second kappa shape index (κ2) is 6.00. The number of thiophene rings is 1. The van der Waals surface area contributed by atoms with E-state index in [1.54, 1.807) is 19.2 Å². The van der Waals surface area contributed by atoms with Gasteiger partial charge in [0.2, 0.25) is 0 Å². The van der Waals surface area contributed by atoms with Crippen LogP contribution < -0.4 is 5.32 Å². The third-order valence-electron chi connectivity index (χ3n) is 3.13. The summed E-state index contributed by atoms with van der Waals surface area (Å²) in [5.41, 5.74) is 0. The molecule has 102 valence electrons. The highest BCUT2D eigenvalue weighted by Crippen LogP contribution is 2.28. The molecular weight excluding hydrogens is 336 g/mol. The van der Waals surface area contributed by atoms with Crippen molar-refractivity contribution in [2.24, 2.45) is 5.92 Å². The lowest BCUT2D eigenvalue weighted by molar-refractivity contribution is 0.315. The van der Waals surface area contributed by atoms with Gasteiger partial charge in [0.15, 0.2) is 0 Å². The van der Waals surface area contributed by atoms with Gasteiger partial charge in [0, 0.05) is 13.6 Å². The fourth-order valence-corrected chi connectivity index (χ4v) is 5.60. The van der Waals surface area contributed by atoms with Crippen LogP contribution in [0.5, 0.6) is 0 Å². The van der Waals surface area contributed by atoms with Gasteiger partial charge in [-0.3, -0.25) is 0 Å².